The highest BCUT2D eigenvalue weighted by Crippen LogP contribution is 2.56. The van der Waals surface area contributed by atoms with Crippen molar-refractivity contribution in [2.75, 3.05) is 0 Å². The van der Waals surface area contributed by atoms with E-state index in [1.807, 2.05) is 0 Å². The molecule has 10 bridgehead atoms. The Morgan fingerprint density at radius 2 is 0.596 bits per heavy atom. The van der Waals surface area contributed by atoms with Crippen molar-refractivity contribution in [2.24, 2.45) is 59.2 Å². The maximum absolute atomic E-state index is 7.96. The SMILES string of the molecule is CC(C)C[Si]12O[Si]3(CCC4CC5C=CC4C5)O[Si]4(CC(C)C)O[Si](CC(C)C)(O1)O[Si]1(CC(C)C)O[Si](CC(C)C)(O2)O[Si](CC(C)C)(O3)O[Si](CC(C)C)(O4)O1. The Morgan fingerprint density at radius 1 is 0.351 bits per heavy atom. The summed E-state index contributed by atoms with van der Waals surface area (Å²) in [5.41, 5.74) is 0. The molecular formula is C37H76O12Si8. The molecule has 57 heavy (non-hydrogen) atoms. The van der Waals surface area contributed by atoms with Crippen molar-refractivity contribution in [3.8, 4) is 0 Å². The fraction of sp³-hybridized carbons (Fsp3) is 0.946. The lowest BCUT2D eigenvalue weighted by Gasteiger charge is -2.64. The first-order chi connectivity index (χ1) is 26.4. The molecule has 6 aliphatic heterocycles. The van der Waals surface area contributed by atoms with Gasteiger partial charge in [-0.1, -0.05) is 109 Å². The molecule has 0 aromatic carbocycles. The lowest BCUT2D eigenvalue weighted by molar-refractivity contribution is -0.0343. The van der Waals surface area contributed by atoms with Gasteiger partial charge < -0.3 is 49.4 Å². The minimum Gasteiger partial charge on any atom is -0.373 e. The molecule has 8 aliphatic rings. The average Bonchev–Trinajstić information content (AvgIpc) is 3.57. The number of fused-ring (bicyclic) bond motifs is 2. The maximum Gasteiger partial charge on any atom is 0.479 e. The Labute approximate surface area is 354 Å². The highest BCUT2D eigenvalue weighted by molar-refractivity contribution is 7.03. The minimum atomic E-state index is -3.91. The van der Waals surface area contributed by atoms with E-state index in [0.717, 1.165) is 6.42 Å². The second kappa shape index (κ2) is 16.5. The monoisotopic (exact) mass is 936 g/mol. The van der Waals surface area contributed by atoms with E-state index >= 15 is 0 Å². The third-order valence-corrected chi connectivity index (χ3v) is 51.6. The molecule has 3 unspecified atom stereocenters. The van der Waals surface area contributed by atoms with Gasteiger partial charge in [0.2, 0.25) is 0 Å². The summed E-state index contributed by atoms with van der Waals surface area (Å²) >= 11 is 0. The first kappa shape index (κ1) is 46.0. The smallest absolute Gasteiger partial charge is 0.373 e. The van der Waals surface area contributed by atoms with Gasteiger partial charge in [-0.3, -0.25) is 0 Å². The standard InChI is InChI=1S/C37H76O12Si8/c1-28(2)21-51-38-50(18-17-37-20-35-15-16-36(37)19-35)39-52(22-29(3)4)43-54(41-51,24-31(7)8)47-57(27-34(13)14)48-55(42-51,25-32(9)10)44-53(40-50,23-30(5)6)46-56(45-52,49-57)26-33(11)12/h15-16,28-37H,17-27H2,1-14H3. The highest BCUT2D eigenvalue weighted by atomic mass is 28.6. The fourth-order valence-corrected chi connectivity index (χ4v) is 62.2. The van der Waals surface area contributed by atoms with Crippen LogP contribution < -0.4 is 0 Å². The molecule has 7 fully saturated rings. The highest BCUT2D eigenvalue weighted by Gasteiger charge is 2.83. The topological polar surface area (TPSA) is 111 Å². The molecule has 0 amide bonds. The molecule has 0 N–H and O–H groups in total. The zero-order valence-corrected chi connectivity index (χ0v) is 45.6. The zero-order valence-electron chi connectivity index (χ0n) is 37.6. The normalized spacial score (nSPS) is 45.0. The van der Waals surface area contributed by atoms with Crippen LogP contribution in [0.25, 0.3) is 0 Å². The predicted octanol–water partition coefficient (Wildman–Crippen LogP) is 9.96. The Morgan fingerprint density at radius 3 is 0.789 bits per heavy atom. The van der Waals surface area contributed by atoms with Crippen molar-refractivity contribution >= 4 is 70.4 Å². The van der Waals surface area contributed by atoms with Gasteiger partial charge in [-0.2, -0.15) is 0 Å². The Bertz CT molecular complexity index is 1320. The molecule has 0 radical (unpaired) electrons. The van der Waals surface area contributed by atoms with Gasteiger partial charge in [-0.05, 0) is 78.4 Å². The van der Waals surface area contributed by atoms with Gasteiger partial charge in [0.15, 0.2) is 0 Å². The molecule has 2 aliphatic carbocycles. The van der Waals surface area contributed by atoms with E-state index in [-0.39, 0.29) is 41.4 Å². The molecule has 1 saturated carbocycles. The maximum atomic E-state index is 7.96. The van der Waals surface area contributed by atoms with Gasteiger partial charge in [0, 0.05) is 48.4 Å². The van der Waals surface area contributed by atoms with Gasteiger partial charge in [-0.15, -0.1) is 0 Å². The lowest BCUT2D eigenvalue weighted by Crippen LogP contribution is -2.88. The van der Waals surface area contributed by atoms with Crippen LogP contribution in [-0.2, 0) is 49.4 Å². The molecular weight excluding hydrogens is 861 g/mol. The van der Waals surface area contributed by atoms with Crippen LogP contribution in [0.4, 0.5) is 0 Å². The van der Waals surface area contributed by atoms with Gasteiger partial charge in [0.05, 0.1) is 0 Å². The molecule has 328 valence electrons. The second-order valence-electron chi connectivity index (χ2n) is 21.5. The van der Waals surface area contributed by atoms with Crippen LogP contribution in [0.1, 0.15) is 116 Å². The number of rotatable bonds is 17. The molecule has 8 rings (SSSR count). The first-order valence-corrected chi connectivity index (χ1v) is 38.0. The largest absolute Gasteiger partial charge is 0.479 e. The number of allylic oxidation sites excluding steroid dienone is 2. The van der Waals surface area contributed by atoms with E-state index in [1.54, 1.807) is 0 Å². The van der Waals surface area contributed by atoms with Crippen LogP contribution in [0.5, 0.6) is 0 Å². The molecule has 12 nitrogen and oxygen atoms in total. The summed E-state index contributed by atoms with van der Waals surface area (Å²) in [6.07, 6.45) is 8.13. The van der Waals surface area contributed by atoms with E-state index in [2.05, 4.69) is 109 Å². The Kier molecular flexibility index (Phi) is 13.3. The van der Waals surface area contributed by atoms with Gasteiger partial charge in [0.25, 0.3) is 0 Å². The molecule has 6 heterocycles. The molecule has 0 aromatic rings. The van der Waals surface area contributed by atoms with Gasteiger partial charge >= 0.3 is 70.4 Å². The van der Waals surface area contributed by atoms with Crippen molar-refractivity contribution in [2.45, 2.75) is 165 Å². The van der Waals surface area contributed by atoms with Crippen molar-refractivity contribution in [3.05, 3.63) is 12.2 Å². The van der Waals surface area contributed by atoms with Crippen LogP contribution in [-0.4, -0.2) is 70.4 Å². The van der Waals surface area contributed by atoms with Gasteiger partial charge in [-0.25, -0.2) is 0 Å². The summed E-state index contributed by atoms with van der Waals surface area (Å²) in [4.78, 5) is 0. The summed E-state index contributed by atoms with van der Waals surface area (Å²) in [6, 6.07) is 4.22. The van der Waals surface area contributed by atoms with Crippen molar-refractivity contribution in [1.82, 2.24) is 0 Å². The molecule has 0 aromatic heterocycles. The summed E-state index contributed by atoms with van der Waals surface area (Å²) in [5.74, 6) is 2.76. The summed E-state index contributed by atoms with van der Waals surface area (Å²) in [5, 5.41) is 0. The third-order valence-electron chi connectivity index (χ3n) is 11.6. The average molecular weight is 938 g/mol. The molecule has 6 saturated heterocycles. The van der Waals surface area contributed by atoms with Crippen LogP contribution in [0, 0.1) is 59.2 Å². The fourth-order valence-electron chi connectivity index (χ4n) is 10.5. The summed E-state index contributed by atoms with van der Waals surface area (Å²) in [7, 11) is -31.1. The Balaban J connectivity index is 1.54. The zero-order chi connectivity index (χ0) is 41.5. The van der Waals surface area contributed by atoms with Crippen LogP contribution in [0.2, 0.25) is 48.4 Å². The molecule has 0 spiro atoms. The third kappa shape index (κ3) is 10.0. The number of hydrogen-bond donors (Lipinski definition) is 0. The first-order valence-electron chi connectivity index (χ1n) is 22.5. The van der Waals surface area contributed by atoms with Crippen LogP contribution >= 0.6 is 0 Å². The molecule has 3 atom stereocenters. The van der Waals surface area contributed by atoms with Crippen LogP contribution in [0.15, 0.2) is 12.2 Å². The van der Waals surface area contributed by atoms with Crippen molar-refractivity contribution < 1.29 is 49.4 Å². The van der Waals surface area contributed by atoms with Gasteiger partial charge in [0.1, 0.15) is 0 Å². The van der Waals surface area contributed by atoms with Crippen molar-refractivity contribution in [3.63, 3.8) is 0 Å². The molecule has 20 heteroatoms. The quantitative estimate of drug-likeness (QED) is 0.102. The predicted molar refractivity (Wildman–Crippen MR) is 235 cm³/mol. The summed E-state index contributed by atoms with van der Waals surface area (Å²) < 4.78 is 94.6. The number of hydrogen-bond acceptors (Lipinski definition) is 12. The van der Waals surface area contributed by atoms with E-state index < -0.39 is 70.4 Å². The van der Waals surface area contributed by atoms with E-state index in [1.165, 1.54) is 12.8 Å². The van der Waals surface area contributed by atoms with Crippen molar-refractivity contribution in [1.29, 1.82) is 0 Å². The second-order valence-corrected chi connectivity index (χ2v) is 45.5. The van der Waals surface area contributed by atoms with Crippen LogP contribution in [0.3, 0.4) is 0 Å². The lowest BCUT2D eigenvalue weighted by atomic mass is 9.91. The summed E-state index contributed by atoms with van der Waals surface area (Å²) in [6.45, 7) is 30.8. The minimum absolute atomic E-state index is 0.149. The Hall–Kier alpha value is 0.995. The van der Waals surface area contributed by atoms with E-state index in [9.17, 15) is 0 Å². The van der Waals surface area contributed by atoms with E-state index in [4.69, 9.17) is 49.4 Å². The van der Waals surface area contributed by atoms with E-state index in [0.29, 0.717) is 66.1 Å².